The number of likely N-dealkylation sites (N-methyl/N-ethyl adjacent to an activating group) is 1. The first-order valence-electron chi connectivity index (χ1n) is 7.59. The predicted octanol–water partition coefficient (Wildman–Crippen LogP) is -4.91. The smallest absolute Gasteiger partial charge is 0.320 e. The average Bonchev–Trinajstić information content (AvgIpc) is 2.56. The molecule has 0 aliphatic rings. The van der Waals surface area contributed by atoms with Crippen LogP contribution in [0.15, 0.2) is 4.99 Å². The molecule has 0 rings (SSSR count). The number of aliphatic hydroxyl groups is 5. The minimum absolute atomic E-state index is 0.0129. The van der Waals surface area contributed by atoms with Crippen LogP contribution in [0.2, 0.25) is 0 Å². The van der Waals surface area contributed by atoms with Gasteiger partial charge in [-0.05, 0) is 19.9 Å². The van der Waals surface area contributed by atoms with E-state index in [-0.39, 0.29) is 12.5 Å². The highest BCUT2D eigenvalue weighted by molar-refractivity contribution is 5.75. The molecule has 0 aliphatic carbocycles. The summed E-state index contributed by atoms with van der Waals surface area (Å²) in [5, 5.41) is 55.9. The van der Waals surface area contributed by atoms with E-state index in [0.29, 0.717) is 19.4 Å². The molecule has 0 spiro atoms. The van der Waals surface area contributed by atoms with Crippen LogP contribution in [0.1, 0.15) is 12.8 Å². The molecule has 12 nitrogen and oxygen atoms in total. The van der Waals surface area contributed by atoms with Crippen LogP contribution in [-0.4, -0.2) is 99.8 Å². The number of aliphatic carboxylic acids is 1. The molecule has 0 heterocycles. The lowest BCUT2D eigenvalue weighted by Gasteiger charge is -2.25. The molecular formula is C13H31N5O7. The van der Waals surface area contributed by atoms with Gasteiger partial charge in [-0.25, -0.2) is 0 Å². The summed E-state index contributed by atoms with van der Waals surface area (Å²) in [7, 11) is 1.57. The van der Waals surface area contributed by atoms with E-state index in [1.807, 2.05) is 0 Å². The number of hydrogen-bond donors (Lipinski definition) is 10. The van der Waals surface area contributed by atoms with E-state index in [9.17, 15) is 9.90 Å². The summed E-state index contributed by atoms with van der Waals surface area (Å²) in [6.07, 6.45) is -4.69. The Balaban J connectivity index is 0. The molecule has 25 heavy (non-hydrogen) atoms. The van der Waals surface area contributed by atoms with E-state index >= 15 is 0 Å². The van der Waals surface area contributed by atoms with Crippen molar-refractivity contribution >= 4 is 11.9 Å². The standard InChI is InChI=1S/C7H17NO5.C6H14N4O2/c1-8-2-4(10)6(12)7(13)5(11)3-9;7-4(5(11)12)2-1-3-10-6(8)9/h4-13H,2-3H2,1H3;4H,1-3,7H2,(H,11,12)(H4,8,9,10)/t4-,5+,6+,7+;4-/m00/s1. The normalized spacial score (nSPS) is 16.6. The summed E-state index contributed by atoms with van der Waals surface area (Å²) < 4.78 is 0. The number of aliphatic imine (C=N–C) groups is 1. The molecule has 0 saturated carbocycles. The van der Waals surface area contributed by atoms with Crippen molar-refractivity contribution in [2.75, 3.05) is 26.7 Å². The molecule has 0 bridgehead atoms. The number of carbonyl (C=O) groups is 1. The Kier molecular flexibility index (Phi) is 15.2. The topological polar surface area (TPSA) is 241 Å². The third-order valence-electron chi connectivity index (χ3n) is 3.02. The number of rotatable bonds is 11. The molecule has 0 aromatic heterocycles. The molecule has 12 heteroatoms. The first kappa shape index (κ1) is 25.7. The maximum Gasteiger partial charge on any atom is 0.320 e. The third-order valence-corrected chi connectivity index (χ3v) is 3.02. The fourth-order valence-electron chi connectivity index (χ4n) is 1.54. The SMILES string of the molecule is CNC[C@H](O)[C@@H](O)[C@H](O)[C@H](O)CO.NC(N)=NCCC[C@H](N)C(=O)O. The number of aliphatic hydroxyl groups excluding tert-OH is 5. The number of nitrogens with one attached hydrogen (secondary N) is 1. The van der Waals surface area contributed by atoms with Crippen molar-refractivity contribution in [1.29, 1.82) is 0 Å². The highest BCUT2D eigenvalue weighted by Crippen LogP contribution is 2.04. The number of carboxylic acids is 1. The van der Waals surface area contributed by atoms with Gasteiger partial charge in [0, 0.05) is 13.1 Å². The predicted molar refractivity (Wildman–Crippen MR) is 90.6 cm³/mol. The van der Waals surface area contributed by atoms with Gasteiger partial charge in [0.15, 0.2) is 5.96 Å². The number of nitrogens with zero attached hydrogens (tertiary/aromatic N) is 1. The third kappa shape index (κ3) is 13.4. The van der Waals surface area contributed by atoms with Gasteiger partial charge < -0.3 is 53.2 Å². The minimum atomic E-state index is -1.55. The molecule has 150 valence electrons. The van der Waals surface area contributed by atoms with Crippen molar-refractivity contribution < 1.29 is 35.4 Å². The molecule has 0 aromatic rings. The molecular weight excluding hydrogens is 338 g/mol. The van der Waals surface area contributed by atoms with Crippen molar-refractivity contribution in [2.45, 2.75) is 43.3 Å². The highest BCUT2D eigenvalue weighted by atomic mass is 16.4. The molecule has 0 saturated heterocycles. The first-order chi connectivity index (χ1) is 11.6. The second kappa shape index (κ2) is 14.8. The molecule has 0 fully saturated rings. The first-order valence-corrected chi connectivity index (χ1v) is 7.59. The zero-order chi connectivity index (χ0) is 20.0. The lowest BCUT2D eigenvalue weighted by Crippen LogP contribution is -2.48. The zero-order valence-corrected chi connectivity index (χ0v) is 14.2. The van der Waals surface area contributed by atoms with Crippen LogP contribution in [0.4, 0.5) is 0 Å². The summed E-state index contributed by atoms with van der Waals surface area (Å²) in [6.45, 7) is -0.149. The van der Waals surface area contributed by atoms with Gasteiger partial charge in [-0.15, -0.1) is 0 Å². The van der Waals surface area contributed by atoms with Crippen LogP contribution in [-0.2, 0) is 4.79 Å². The Labute approximate surface area is 146 Å². The van der Waals surface area contributed by atoms with Crippen LogP contribution in [0, 0.1) is 0 Å². The van der Waals surface area contributed by atoms with Crippen LogP contribution in [0.25, 0.3) is 0 Å². The molecule has 13 N–H and O–H groups in total. The van der Waals surface area contributed by atoms with Crippen LogP contribution in [0.5, 0.6) is 0 Å². The van der Waals surface area contributed by atoms with Crippen molar-refractivity contribution in [1.82, 2.24) is 5.32 Å². The Hall–Kier alpha value is -1.54. The Morgan fingerprint density at radius 3 is 2.04 bits per heavy atom. The van der Waals surface area contributed by atoms with E-state index in [2.05, 4.69) is 10.3 Å². The van der Waals surface area contributed by atoms with E-state index in [4.69, 9.17) is 42.7 Å². The van der Waals surface area contributed by atoms with Crippen molar-refractivity contribution in [3.8, 4) is 0 Å². The zero-order valence-electron chi connectivity index (χ0n) is 14.2. The fourth-order valence-corrected chi connectivity index (χ4v) is 1.54. The van der Waals surface area contributed by atoms with Crippen molar-refractivity contribution in [3.63, 3.8) is 0 Å². The quantitative estimate of drug-likeness (QED) is 0.0939. The lowest BCUT2D eigenvalue weighted by atomic mass is 10.0. The van der Waals surface area contributed by atoms with E-state index in [1.54, 1.807) is 7.05 Å². The lowest BCUT2D eigenvalue weighted by molar-refractivity contribution is -0.138. The Morgan fingerprint density at radius 2 is 1.64 bits per heavy atom. The van der Waals surface area contributed by atoms with Gasteiger partial charge in [-0.1, -0.05) is 0 Å². The van der Waals surface area contributed by atoms with Gasteiger partial charge in [0.2, 0.25) is 0 Å². The Bertz CT molecular complexity index is 382. The summed E-state index contributed by atoms with van der Waals surface area (Å²) >= 11 is 0. The van der Waals surface area contributed by atoms with Gasteiger partial charge >= 0.3 is 5.97 Å². The second-order valence-electron chi connectivity index (χ2n) is 5.25. The molecule has 0 aromatic carbocycles. The number of carboxylic acid groups (broad SMARTS) is 1. The summed E-state index contributed by atoms with van der Waals surface area (Å²) in [6, 6.07) is -0.820. The average molecular weight is 369 g/mol. The highest BCUT2D eigenvalue weighted by Gasteiger charge is 2.29. The molecule has 0 amide bonds. The summed E-state index contributed by atoms with van der Waals surface area (Å²) in [5.41, 5.74) is 15.3. The number of guanidine groups is 1. The monoisotopic (exact) mass is 369 g/mol. The maximum atomic E-state index is 10.2. The largest absolute Gasteiger partial charge is 0.480 e. The number of hydrogen-bond acceptors (Lipinski definition) is 9. The Morgan fingerprint density at radius 1 is 1.12 bits per heavy atom. The van der Waals surface area contributed by atoms with Crippen LogP contribution >= 0.6 is 0 Å². The minimum Gasteiger partial charge on any atom is -0.480 e. The molecule has 0 aliphatic heterocycles. The van der Waals surface area contributed by atoms with Crippen molar-refractivity contribution in [2.24, 2.45) is 22.2 Å². The fraction of sp³-hybridized carbons (Fsp3) is 0.846. The summed E-state index contributed by atoms with van der Waals surface area (Å²) in [5.74, 6) is -0.987. The van der Waals surface area contributed by atoms with Crippen molar-refractivity contribution in [3.05, 3.63) is 0 Å². The van der Waals surface area contributed by atoms with E-state index < -0.39 is 43.0 Å². The maximum absolute atomic E-state index is 10.2. The van der Waals surface area contributed by atoms with E-state index in [1.165, 1.54) is 0 Å². The van der Waals surface area contributed by atoms with Crippen LogP contribution in [0.3, 0.4) is 0 Å². The molecule has 0 radical (unpaired) electrons. The van der Waals surface area contributed by atoms with Gasteiger partial charge in [0.05, 0.1) is 12.7 Å². The molecule has 5 atom stereocenters. The molecule has 0 unspecified atom stereocenters. The second-order valence-corrected chi connectivity index (χ2v) is 5.25. The summed E-state index contributed by atoms with van der Waals surface area (Å²) in [4.78, 5) is 13.9. The van der Waals surface area contributed by atoms with Gasteiger partial charge in [0.25, 0.3) is 0 Å². The van der Waals surface area contributed by atoms with Gasteiger partial charge in [-0.3, -0.25) is 9.79 Å². The van der Waals surface area contributed by atoms with E-state index in [0.717, 1.165) is 0 Å². The van der Waals surface area contributed by atoms with Gasteiger partial charge in [0.1, 0.15) is 24.4 Å². The van der Waals surface area contributed by atoms with Gasteiger partial charge in [-0.2, -0.15) is 0 Å². The van der Waals surface area contributed by atoms with Crippen LogP contribution < -0.4 is 22.5 Å². The number of nitrogens with two attached hydrogens (primary N) is 3.